The van der Waals surface area contributed by atoms with Crippen LogP contribution in [0.15, 0.2) is 24.4 Å². The number of nitrogens with one attached hydrogen (secondary N) is 2. The Bertz CT molecular complexity index is 338. The fourth-order valence-electron chi connectivity index (χ4n) is 1.51. The maximum atomic E-state index is 11.5. The van der Waals surface area contributed by atoms with Crippen molar-refractivity contribution in [2.75, 3.05) is 13.1 Å². The van der Waals surface area contributed by atoms with Crippen molar-refractivity contribution < 1.29 is 4.79 Å². The van der Waals surface area contributed by atoms with Gasteiger partial charge in [-0.1, -0.05) is 19.9 Å². The summed E-state index contributed by atoms with van der Waals surface area (Å²) in [6, 6.07) is 5.82. The number of carbonyl (C=O) groups is 1. The third-order valence-corrected chi connectivity index (χ3v) is 2.60. The minimum absolute atomic E-state index is 0.115. The summed E-state index contributed by atoms with van der Waals surface area (Å²) in [7, 11) is 0. The number of rotatable bonds is 8. The van der Waals surface area contributed by atoms with Gasteiger partial charge in [0.15, 0.2) is 0 Å². The smallest absolute Gasteiger partial charge is 0.221 e. The van der Waals surface area contributed by atoms with E-state index in [2.05, 4.69) is 29.5 Å². The average Bonchev–Trinajstić information content (AvgIpc) is 2.35. The minimum atomic E-state index is 0.115. The molecule has 4 heteroatoms. The highest BCUT2D eigenvalue weighted by Crippen LogP contribution is 1.96. The Morgan fingerprint density at radius 3 is 2.83 bits per heavy atom. The van der Waals surface area contributed by atoms with Gasteiger partial charge in [-0.3, -0.25) is 9.78 Å². The number of carbonyl (C=O) groups excluding carboxylic acids is 1. The number of nitrogens with zero attached hydrogens (tertiary/aromatic N) is 1. The van der Waals surface area contributed by atoms with Crippen molar-refractivity contribution in [2.24, 2.45) is 5.92 Å². The molecule has 18 heavy (non-hydrogen) atoms. The van der Waals surface area contributed by atoms with E-state index in [0.717, 1.165) is 18.7 Å². The van der Waals surface area contributed by atoms with Gasteiger partial charge in [-0.05, 0) is 24.5 Å². The fraction of sp³-hybridized carbons (Fsp3) is 0.571. The Kier molecular flexibility index (Phi) is 7.03. The first kappa shape index (κ1) is 14.6. The molecular formula is C14H23N3O. The van der Waals surface area contributed by atoms with E-state index in [1.807, 2.05) is 18.2 Å². The minimum Gasteiger partial charge on any atom is -0.356 e. The maximum Gasteiger partial charge on any atom is 0.221 e. The van der Waals surface area contributed by atoms with Gasteiger partial charge in [0.1, 0.15) is 0 Å². The van der Waals surface area contributed by atoms with Gasteiger partial charge in [0.2, 0.25) is 5.91 Å². The number of hydrogen-bond acceptors (Lipinski definition) is 3. The first-order valence-corrected chi connectivity index (χ1v) is 6.56. The van der Waals surface area contributed by atoms with Crippen LogP contribution in [0.4, 0.5) is 0 Å². The molecule has 1 rings (SSSR count). The fourth-order valence-corrected chi connectivity index (χ4v) is 1.51. The van der Waals surface area contributed by atoms with Crippen molar-refractivity contribution in [2.45, 2.75) is 33.2 Å². The summed E-state index contributed by atoms with van der Waals surface area (Å²) in [6.45, 7) is 6.47. The molecule has 0 spiro atoms. The Balaban J connectivity index is 2.02. The first-order chi connectivity index (χ1) is 8.68. The van der Waals surface area contributed by atoms with Crippen LogP contribution in [0.5, 0.6) is 0 Å². The molecule has 0 bridgehead atoms. The topological polar surface area (TPSA) is 54.0 Å². The summed E-state index contributed by atoms with van der Waals surface area (Å²) in [5.41, 5.74) is 0.998. The molecule has 0 atom stereocenters. The lowest BCUT2D eigenvalue weighted by Gasteiger charge is -2.07. The Labute approximate surface area is 109 Å². The molecular weight excluding hydrogens is 226 g/mol. The predicted octanol–water partition coefficient (Wildman–Crippen LogP) is 1.72. The van der Waals surface area contributed by atoms with E-state index in [0.29, 0.717) is 25.4 Å². The number of pyridine rings is 1. The molecule has 4 nitrogen and oxygen atoms in total. The van der Waals surface area contributed by atoms with Crippen LogP contribution in [0, 0.1) is 5.92 Å². The second kappa shape index (κ2) is 8.64. The van der Waals surface area contributed by atoms with Crippen LogP contribution in [0.3, 0.4) is 0 Å². The van der Waals surface area contributed by atoms with Crippen molar-refractivity contribution in [1.29, 1.82) is 0 Å². The van der Waals surface area contributed by atoms with Gasteiger partial charge in [0.05, 0.1) is 5.69 Å². The molecule has 0 aromatic carbocycles. The lowest BCUT2D eigenvalue weighted by atomic mass is 10.1. The standard InChI is InChI=1S/C14H23N3O/c1-12(2)6-10-17-14(18)7-9-15-11-13-5-3-4-8-16-13/h3-5,8,12,15H,6-7,9-11H2,1-2H3,(H,17,18). The molecule has 100 valence electrons. The normalized spacial score (nSPS) is 10.6. The summed E-state index contributed by atoms with van der Waals surface area (Å²) >= 11 is 0. The average molecular weight is 249 g/mol. The molecule has 0 saturated carbocycles. The molecule has 1 aromatic heterocycles. The lowest BCUT2D eigenvalue weighted by Crippen LogP contribution is -2.28. The van der Waals surface area contributed by atoms with Crippen LogP contribution in [0.2, 0.25) is 0 Å². The van der Waals surface area contributed by atoms with Crippen LogP contribution in [-0.2, 0) is 11.3 Å². The molecule has 0 aliphatic carbocycles. The van der Waals surface area contributed by atoms with Crippen molar-refractivity contribution in [3.8, 4) is 0 Å². The Morgan fingerprint density at radius 2 is 2.17 bits per heavy atom. The van der Waals surface area contributed by atoms with Gasteiger partial charge >= 0.3 is 0 Å². The van der Waals surface area contributed by atoms with Gasteiger partial charge in [0, 0.05) is 32.3 Å². The summed E-state index contributed by atoms with van der Waals surface area (Å²) in [5.74, 6) is 0.747. The highest BCUT2D eigenvalue weighted by molar-refractivity contribution is 5.75. The van der Waals surface area contributed by atoms with E-state index in [1.165, 1.54) is 0 Å². The molecule has 1 amide bonds. The van der Waals surface area contributed by atoms with Crippen molar-refractivity contribution in [3.63, 3.8) is 0 Å². The Hall–Kier alpha value is -1.42. The number of aromatic nitrogens is 1. The molecule has 0 unspecified atom stereocenters. The maximum absolute atomic E-state index is 11.5. The largest absolute Gasteiger partial charge is 0.356 e. The van der Waals surface area contributed by atoms with Crippen LogP contribution < -0.4 is 10.6 Å². The third-order valence-electron chi connectivity index (χ3n) is 2.60. The molecule has 1 aromatic rings. The van der Waals surface area contributed by atoms with E-state index in [-0.39, 0.29) is 5.91 Å². The summed E-state index contributed by atoms with van der Waals surface area (Å²) < 4.78 is 0. The predicted molar refractivity (Wildman–Crippen MR) is 73.0 cm³/mol. The van der Waals surface area contributed by atoms with Gasteiger partial charge in [-0.2, -0.15) is 0 Å². The molecule has 0 saturated heterocycles. The first-order valence-electron chi connectivity index (χ1n) is 6.56. The SMILES string of the molecule is CC(C)CCNC(=O)CCNCc1ccccn1. The zero-order chi connectivity index (χ0) is 13.2. The Morgan fingerprint density at radius 1 is 1.33 bits per heavy atom. The third kappa shape index (κ3) is 7.01. The molecule has 0 radical (unpaired) electrons. The lowest BCUT2D eigenvalue weighted by molar-refractivity contribution is -0.121. The van der Waals surface area contributed by atoms with Crippen LogP contribution in [-0.4, -0.2) is 24.0 Å². The highest BCUT2D eigenvalue weighted by Gasteiger charge is 2.01. The van der Waals surface area contributed by atoms with Crippen LogP contribution >= 0.6 is 0 Å². The second-order valence-corrected chi connectivity index (χ2v) is 4.78. The number of amides is 1. The van der Waals surface area contributed by atoms with E-state index in [1.54, 1.807) is 6.20 Å². The highest BCUT2D eigenvalue weighted by atomic mass is 16.1. The van der Waals surface area contributed by atoms with Crippen molar-refractivity contribution in [1.82, 2.24) is 15.6 Å². The van der Waals surface area contributed by atoms with Gasteiger partial charge in [-0.25, -0.2) is 0 Å². The van der Waals surface area contributed by atoms with Crippen molar-refractivity contribution >= 4 is 5.91 Å². The van der Waals surface area contributed by atoms with Gasteiger partial charge < -0.3 is 10.6 Å². The molecule has 0 fully saturated rings. The van der Waals surface area contributed by atoms with Gasteiger partial charge in [0.25, 0.3) is 0 Å². The van der Waals surface area contributed by atoms with Gasteiger partial charge in [-0.15, -0.1) is 0 Å². The van der Waals surface area contributed by atoms with E-state index in [9.17, 15) is 4.79 Å². The summed E-state index contributed by atoms with van der Waals surface area (Å²) in [5, 5.41) is 6.13. The summed E-state index contributed by atoms with van der Waals surface area (Å²) in [4.78, 5) is 15.7. The quantitative estimate of drug-likeness (QED) is 0.690. The molecule has 2 N–H and O–H groups in total. The zero-order valence-corrected chi connectivity index (χ0v) is 11.3. The van der Waals surface area contributed by atoms with E-state index < -0.39 is 0 Å². The van der Waals surface area contributed by atoms with Crippen LogP contribution in [0.1, 0.15) is 32.4 Å². The molecule has 0 aliphatic rings. The number of hydrogen-bond donors (Lipinski definition) is 2. The van der Waals surface area contributed by atoms with E-state index >= 15 is 0 Å². The second-order valence-electron chi connectivity index (χ2n) is 4.78. The van der Waals surface area contributed by atoms with E-state index in [4.69, 9.17) is 0 Å². The monoisotopic (exact) mass is 249 g/mol. The zero-order valence-electron chi connectivity index (χ0n) is 11.3. The molecule has 0 aliphatic heterocycles. The van der Waals surface area contributed by atoms with Crippen LogP contribution in [0.25, 0.3) is 0 Å². The van der Waals surface area contributed by atoms with Crippen molar-refractivity contribution in [3.05, 3.63) is 30.1 Å². The summed E-state index contributed by atoms with van der Waals surface area (Å²) in [6.07, 6.45) is 3.33. The molecule has 1 heterocycles.